The quantitative estimate of drug-likeness (QED) is 0.438. The summed E-state index contributed by atoms with van der Waals surface area (Å²) < 4.78 is 7.22. The van der Waals surface area contributed by atoms with Crippen molar-refractivity contribution in [3.8, 4) is 22.8 Å². The maximum Gasteiger partial charge on any atom is 0.230 e. The number of hydrogen-bond acceptors (Lipinski definition) is 5. The Balaban J connectivity index is 1.86. The molecule has 0 spiro atoms. The van der Waals surface area contributed by atoms with Gasteiger partial charge >= 0.3 is 0 Å². The van der Waals surface area contributed by atoms with Gasteiger partial charge in [0.05, 0.1) is 12.9 Å². The number of amides is 1. The van der Waals surface area contributed by atoms with Gasteiger partial charge in [-0.3, -0.25) is 9.36 Å². The van der Waals surface area contributed by atoms with Crippen LogP contribution in [-0.2, 0) is 4.79 Å². The van der Waals surface area contributed by atoms with E-state index in [2.05, 4.69) is 22.4 Å². The highest BCUT2D eigenvalue weighted by Gasteiger charge is 2.17. The number of carbonyl (C=O) groups excluding carboxylic acids is 1. The van der Waals surface area contributed by atoms with Gasteiger partial charge in [-0.1, -0.05) is 43.3 Å². The largest absolute Gasteiger partial charge is 0.497 e. The summed E-state index contributed by atoms with van der Waals surface area (Å²) >= 11 is 1.38. The molecule has 2 aromatic carbocycles. The Morgan fingerprint density at radius 3 is 2.54 bits per heavy atom. The third-order valence-electron chi connectivity index (χ3n) is 4.18. The van der Waals surface area contributed by atoms with Crippen LogP contribution < -0.4 is 10.1 Å². The van der Waals surface area contributed by atoms with E-state index in [9.17, 15) is 4.79 Å². The molecule has 1 amide bonds. The van der Waals surface area contributed by atoms with Gasteiger partial charge in [0.1, 0.15) is 5.75 Å². The molecule has 1 aromatic heterocycles. The van der Waals surface area contributed by atoms with Crippen LogP contribution in [-0.4, -0.2) is 40.1 Å². The fraction of sp³-hybridized carbons (Fsp3) is 0.286. The van der Waals surface area contributed by atoms with Crippen molar-refractivity contribution in [3.05, 3.63) is 54.6 Å². The molecule has 6 nitrogen and oxygen atoms in total. The van der Waals surface area contributed by atoms with Crippen LogP contribution >= 0.6 is 11.8 Å². The average molecular weight is 397 g/mol. The Morgan fingerprint density at radius 2 is 1.86 bits per heavy atom. The zero-order valence-electron chi connectivity index (χ0n) is 16.1. The lowest BCUT2D eigenvalue weighted by Crippen LogP contribution is -2.26. The van der Waals surface area contributed by atoms with Crippen molar-refractivity contribution < 1.29 is 9.53 Å². The van der Waals surface area contributed by atoms with Gasteiger partial charge in [-0.15, -0.1) is 10.2 Å². The van der Waals surface area contributed by atoms with E-state index in [-0.39, 0.29) is 5.91 Å². The van der Waals surface area contributed by atoms with Crippen molar-refractivity contribution >= 4 is 17.7 Å². The normalized spacial score (nSPS) is 10.6. The molecule has 3 rings (SSSR count). The lowest BCUT2D eigenvalue weighted by atomic mass is 10.2. The molecule has 28 heavy (non-hydrogen) atoms. The summed E-state index contributed by atoms with van der Waals surface area (Å²) in [7, 11) is 1.64. The zero-order chi connectivity index (χ0) is 19.8. The molecule has 7 heteroatoms. The van der Waals surface area contributed by atoms with Crippen LogP contribution in [0.15, 0.2) is 59.8 Å². The van der Waals surface area contributed by atoms with Crippen LogP contribution in [0.5, 0.6) is 5.75 Å². The number of rotatable bonds is 9. The second-order valence-corrected chi connectivity index (χ2v) is 7.14. The molecule has 0 aliphatic carbocycles. The molecule has 0 saturated heterocycles. The Hall–Kier alpha value is -2.80. The van der Waals surface area contributed by atoms with E-state index in [1.807, 2.05) is 59.2 Å². The highest BCUT2D eigenvalue weighted by atomic mass is 32.2. The molecule has 0 radical (unpaired) electrons. The number of methoxy groups -OCH3 is 1. The minimum atomic E-state index is 0.00654. The first-order valence-corrected chi connectivity index (χ1v) is 10.3. The van der Waals surface area contributed by atoms with E-state index in [0.29, 0.717) is 17.5 Å². The number of nitrogens with one attached hydrogen (secondary N) is 1. The van der Waals surface area contributed by atoms with E-state index in [0.717, 1.165) is 35.7 Å². The standard InChI is InChI=1S/C21H24N4O2S/c1-3-4-14-22-19(26)15-28-21-24-23-20(16-10-12-18(27-2)13-11-16)25(21)17-8-6-5-7-9-17/h5-13H,3-4,14-15H2,1-2H3,(H,22,26). The first kappa shape index (κ1) is 19.9. The molecule has 0 bridgehead atoms. The minimum absolute atomic E-state index is 0.00654. The maximum atomic E-state index is 12.1. The van der Waals surface area contributed by atoms with Gasteiger partial charge in [0.2, 0.25) is 5.91 Å². The third kappa shape index (κ3) is 4.92. The maximum absolute atomic E-state index is 12.1. The predicted molar refractivity (Wildman–Crippen MR) is 112 cm³/mol. The van der Waals surface area contributed by atoms with E-state index in [1.165, 1.54) is 11.8 Å². The monoisotopic (exact) mass is 396 g/mol. The highest BCUT2D eigenvalue weighted by molar-refractivity contribution is 7.99. The third-order valence-corrected chi connectivity index (χ3v) is 5.11. The van der Waals surface area contributed by atoms with E-state index in [1.54, 1.807) is 7.11 Å². The summed E-state index contributed by atoms with van der Waals surface area (Å²) in [5.41, 5.74) is 1.88. The first-order valence-electron chi connectivity index (χ1n) is 9.27. The van der Waals surface area contributed by atoms with Crippen molar-refractivity contribution in [1.82, 2.24) is 20.1 Å². The average Bonchev–Trinajstić information content (AvgIpc) is 3.17. The highest BCUT2D eigenvalue weighted by Crippen LogP contribution is 2.28. The number of nitrogens with zero attached hydrogens (tertiary/aromatic N) is 3. The fourth-order valence-corrected chi connectivity index (χ4v) is 3.47. The van der Waals surface area contributed by atoms with Crippen molar-refractivity contribution in [2.45, 2.75) is 24.9 Å². The minimum Gasteiger partial charge on any atom is -0.497 e. The first-order chi connectivity index (χ1) is 13.7. The molecule has 3 aromatic rings. The molecule has 0 unspecified atom stereocenters. The van der Waals surface area contributed by atoms with Crippen LogP contribution in [0, 0.1) is 0 Å². The number of thioether (sulfide) groups is 1. The van der Waals surface area contributed by atoms with E-state index in [4.69, 9.17) is 4.74 Å². The fourth-order valence-electron chi connectivity index (χ4n) is 2.69. The molecule has 1 heterocycles. The number of unbranched alkanes of at least 4 members (excludes halogenated alkanes) is 1. The second-order valence-electron chi connectivity index (χ2n) is 6.20. The smallest absolute Gasteiger partial charge is 0.230 e. The lowest BCUT2D eigenvalue weighted by Gasteiger charge is -2.11. The van der Waals surface area contributed by atoms with Gasteiger partial charge in [-0.25, -0.2) is 0 Å². The summed E-state index contributed by atoms with van der Waals surface area (Å²) in [5, 5.41) is 12.4. The van der Waals surface area contributed by atoms with Gasteiger partial charge in [-0.2, -0.15) is 0 Å². The van der Waals surface area contributed by atoms with Crippen molar-refractivity contribution in [2.24, 2.45) is 0 Å². The number of para-hydroxylation sites is 1. The van der Waals surface area contributed by atoms with E-state index < -0.39 is 0 Å². The summed E-state index contributed by atoms with van der Waals surface area (Å²) in [6.45, 7) is 2.81. The molecule has 0 atom stereocenters. The van der Waals surface area contributed by atoms with E-state index >= 15 is 0 Å². The molecule has 0 fully saturated rings. The summed E-state index contributed by atoms with van der Waals surface area (Å²) in [5.74, 6) is 1.82. The Labute approximate surface area is 169 Å². The molecular weight excluding hydrogens is 372 g/mol. The molecule has 0 saturated carbocycles. The zero-order valence-corrected chi connectivity index (χ0v) is 16.9. The molecule has 146 valence electrons. The number of hydrogen-bond donors (Lipinski definition) is 1. The molecule has 1 N–H and O–H groups in total. The van der Waals surface area contributed by atoms with Crippen LogP contribution in [0.25, 0.3) is 17.1 Å². The van der Waals surface area contributed by atoms with Crippen molar-refractivity contribution in [1.29, 1.82) is 0 Å². The molecule has 0 aliphatic heterocycles. The summed E-state index contributed by atoms with van der Waals surface area (Å²) in [4.78, 5) is 12.1. The van der Waals surface area contributed by atoms with Gasteiger partial charge in [0.25, 0.3) is 0 Å². The predicted octanol–water partition coefficient (Wildman–Crippen LogP) is 3.95. The Kier molecular flexibility index (Phi) is 7.08. The number of aromatic nitrogens is 3. The summed E-state index contributed by atoms with van der Waals surface area (Å²) in [6.07, 6.45) is 2.04. The molecule has 0 aliphatic rings. The molecular formula is C21H24N4O2S. The Morgan fingerprint density at radius 1 is 1.11 bits per heavy atom. The number of ether oxygens (including phenoxy) is 1. The summed E-state index contributed by atoms with van der Waals surface area (Å²) in [6, 6.07) is 17.6. The Bertz CT molecular complexity index is 895. The van der Waals surface area contributed by atoms with Gasteiger partial charge in [0.15, 0.2) is 11.0 Å². The van der Waals surface area contributed by atoms with Gasteiger partial charge in [0, 0.05) is 17.8 Å². The van der Waals surface area contributed by atoms with Crippen LogP contribution in [0.1, 0.15) is 19.8 Å². The van der Waals surface area contributed by atoms with Crippen LogP contribution in [0.4, 0.5) is 0 Å². The van der Waals surface area contributed by atoms with Crippen molar-refractivity contribution in [3.63, 3.8) is 0 Å². The van der Waals surface area contributed by atoms with Crippen molar-refractivity contribution in [2.75, 3.05) is 19.4 Å². The second kappa shape index (κ2) is 9.94. The van der Waals surface area contributed by atoms with Gasteiger partial charge < -0.3 is 10.1 Å². The van der Waals surface area contributed by atoms with Crippen LogP contribution in [0.2, 0.25) is 0 Å². The van der Waals surface area contributed by atoms with Crippen LogP contribution in [0.3, 0.4) is 0 Å². The topological polar surface area (TPSA) is 69.0 Å². The van der Waals surface area contributed by atoms with Gasteiger partial charge in [-0.05, 0) is 42.8 Å². The number of carbonyl (C=O) groups is 1. The number of benzene rings is 2. The lowest BCUT2D eigenvalue weighted by molar-refractivity contribution is -0.118. The SMILES string of the molecule is CCCCNC(=O)CSc1nnc(-c2ccc(OC)cc2)n1-c1ccccc1.